The minimum absolute atomic E-state index is 0.541. The summed E-state index contributed by atoms with van der Waals surface area (Å²) in [7, 11) is 0. The molecule has 0 radical (unpaired) electrons. The van der Waals surface area contributed by atoms with Crippen LogP contribution in [0, 0.1) is 0 Å². The lowest BCUT2D eigenvalue weighted by atomic mass is 10.2. The molecule has 0 atom stereocenters. The van der Waals surface area contributed by atoms with Crippen molar-refractivity contribution < 1.29 is 14.2 Å². The molecule has 1 heterocycles. The van der Waals surface area contributed by atoms with Crippen LogP contribution in [0.15, 0.2) is 48.8 Å². The molecule has 152 valence electrons. The maximum Gasteiger partial charge on any atom is 0.159 e. The first-order valence-corrected chi connectivity index (χ1v) is 10.2. The zero-order chi connectivity index (χ0) is 19.9. The SMILES string of the molecule is CCCC=CCOc1cnc(-c2ccc(OCCCCOCCC)cc2)nc1. The summed E-state index contributed by atoms with van der Waals surface area (Å²) >= 11 is 0. The lowest BCUT2D eigenvalue weighted by Crippen LogP contribution is -2.01. The second kappa shape index (κ2) is 13.7. The monoisotopic (exact) mass is 384 g/mol. The Kier molecular flexibility index (Phi) is 10.7. The van der Waals surface area contributed by atoms with Gasteiger partial charge in [0.1, 0.15) is 12.4 Å². The molecule has 2 aromatic rings. The summed E-state index contributed by atoms with van der Waals surface area (Å²) in [5, 5.41) is 0. The first-order chi connectivity index (χ1) is 13.8. The molecule has 0 fully saturated rings. The van der Waals surface area contributed by atoms with Crippen LogP contribution in [0.3, 0.4) is 0 Å². The van der Waals surface area contributed by atoms with Gasteiger partial charge in [0, 0.05) is 18.8 Å². The van der Waals surface area contributed by atoms with Gasteiger partial charge in [-0.05, 0) is 49.9 Å². The molecule has 0 N–H and O–H groups in total. The highest BCUT2D eigenvalue weighted by Crippen LogP contribution is 2.20. The predicted octanol–water partition coefficient (Wildman–Crippen LogP) is 5.46. The van der Waals surface area contributed by atoms with Crippen molar-refractivity contribution in [2.45, 2.75) is 46.0 Å². The molecule has 5 heteroatoms. The number of aromatic nitrogens is 2. The maximum absolute atomic E-state index is 5.77. The average Bonchev–Trinajstić information content (AvgIpc) is 2.74. The Morgan fingerprint density at radius 1 is 0.786 bits per heavy atom. The topological polar surface area (TPSA) is 53.5 Å². The van der Waals surface area contributed by atoms with Gasteiger partial charge < -0.3 is 14.2 Å². The molecule has 0 saturated heterocycles. The van der Waals surface area contributed by atoms with Gasteiger partial charge in [0.15, 0.2) is 11.6 Å². The number of nitrogens with zero attached hydrogens (tertiary/aromatic N) is 2. The number of unbranched alkanes of at least 4 members (excludes halogenated alkanes) is 2. The van der Waals surface area contributed by atoms with Crippen molar-refractivity contribution in [1.82, 2.24) is 9.97 Å². The van der Waals surface area contributed by atoms with Crippen LogP contribution in [0.4, 0.5) is 0 Å². The van der Waals surface area contributed by atoms with E-state index in [2.05, 4.69) is 29.9 Å². The second-order valence-corrected chi connectivity index (χ2v) is 6.51. The molecule has 1 aromatic carbocycles. The quantitative estimate of drug-likeness (QED) is 0.319. The maximum atomic E-state index is 5.77. The Balaban J connectivity index is 1.73. The van der Waals surface area contributed by atoms with E-state index in [-0.39, 0.29) is 0 Å². The molecule has 0 saturated carbocycles. The standard InChI is InChI=1S/C23H32N2O3/c1-3-5-6-7-16-28-22-18-24-23(25-19-22)20-10-12-21(13-11-20)27-17-9-8-15-26-14-4-2/h6-7,10-13,18-19H,3-5,8-9,14-17H2,1-2H3. The molecule has 0 unspecified atom stereocenters. The van der Waals surface area contributed by atoms with Crippen molar-refractivity contribution in [3.05, 3.63) is 48.8 Å². The Bertz CT molecular complexity index is 669. The minimum atomic E-state index is 0.541. The molecule has 28 heavy (non-hydrogen) atoms. The fraction of sp³-hybridized carbons (Fsp3) is 0.478. The van der Waals surface area contributed by atoms with Crippen LogP contribution in [0.25, 0.3) is 11.4 Å². The molecule has 5 nitrogen and oxygen atoms in total. The van der Waals surface area contributed by atoms with Gasteiger partial charge in [0.2, 0.25) is 0 Å². The Labute approximate surface area is 168 Å². The van der Waals surface area contributed by atoms with E-state index < -0.39 is 0 Å². The number of benzene rings is 1. The fourth-order valence-corrected chi connectivity index (χ4v) is 2.48. The van der Waals surface area contributed by atoms with Crippen molar-refractivity contribution in [2.75, 3.05) is 26.4 Å². The lowest BCUT2D eigenvalue weighted by Gasteiger charge is -2.08. The first-order valence-electron chi connectivity index (χ1n) is 10.2. The van der Waals surface area contributed by atoms with Crippen molar-refractivity contribution >= 4 is 0 Å². The van der Waals surface area contributed by atoms with Gasteiger partial charge in [-0.1, -0.05) is 32.4 Å². The van der Waals surface area contributed by atoms with E-state index >= 15 is 0 Å². The zero-order valence-corrected chi connectivity index (χ0v) is 17.1. The summed E-state index contributed by atoms with van der Waals surface area (Å²) in [6, 6.07) is 7.86. The number of hydrogen-bond donors (Lipinski definition) is 0. The second-order valence-electron chi connectivity index (χ2n) is 6.51. The van der Waals surface area contributed by atoms with E-state index in [4.69, 9.17) is 14.2 Å². The molecule has 0 spiro atoms. The minimum Gasteiger partial charge on any atom is -0.494 e. The van der Waals surface area contributed by atoms with Crippen LogP contribution in [-0.2, 0) is 4.74 Å². The van der Waals surface area contributed by atoms with E-state index in [1.54, 1.807) is 12.4 Å². The normalized spacial score (nSPS) is 11.1. The first kappa shape index (κ1) is 21.9. The number of hydrogen-bond acceptors (Lipinski definition) is 5. The third kappa shape index (κ3) is 8.53. The average molecular weight is 385 g/mol. The summed E-state index contributed by atoms with van der Waals surface area (Å²) in [5.74, 6) is 2.21. The summed E-state index contributed by atoms with van der Waals surface area (Å²) in [6.45, 7) is 7.16. The lowest BCUT2D eigenvalue weighted by molar-refractivity contribution is 0.127. The van der Waals surface area contributed by atoms with Gasteiger partial charge in [0.25, 0.3) is 0 Å². The summed E-state index contributed by atoms with van der Waals surface area (Å²) < 4.78 is 16.8. The highest BCUT2D eigenvalue weighted by atomic mass is 16.5. The summed E-state index contributed by atoms with van der Waals surface area (Å²) in [5.41, 5.74) is 0.953. The van der Waals surface area contributed by atoms with Gasteiger partial charge in [-0.3, -0.25) is 0 Å². The largest absolute Gasteiger partial charge is 0.494 e. The Morgan fingerprint density at radius 2 is 1.54 bits per heavy atom. The summed E-state index contributed by atoms with van der Waals surface area (Å²) in [4.78, 5) is 8.78. The van der Waals surface area contributed by atoms with E-state index in [1.807, 2.05) is 30.3 Å². The van der Waals surface area contributed by atoms with Gasteiger partial charge in [-0.15, -0.1) is 0 Å². The Morgan fingerprint density at radius 3 is 2.25 bits per heavy atom. The van der Waals surface area contributed by atoms with Crippen LogP contribution in [-0.4, -0.2) is 36.4 Å². The molecular formula is C23H32N2O3. The third-order valence-corrected chi connectivity index (χ3v) is 4.01. The third-order valence-electron chi connectivity index (χ3n) is 4.01. The highest BCUT2D eigenvalue weighted by molar-refractivity contribution is 5.56. The highest BCUT2D eigenvalue weighted by Gasteiger charge is 2.03. The van der Waals surface area contributed by atoms with Crippen molar-refractivity contribution in [3.8, 4) is 22.9 Å². The number of ether oxygens (including phenoxy) is 3. The van der Waals surface area contributed by atoms with Gasteiger partial charge in [-0.25, -0.2) is 9.97 Å². The number of rotatable bonds is 14. The van der Waals surface area contributed by atoms with Crippen LogP contribution in [0.1, 0.15) is 46.0 Å². The van der Waals surface area contributed by atoms with Gasteiger partial charge >= 0.3 is 0 Å². The molecule has 0 aliphatic carbocycles. The summed E-state index contributed by atoms with van der Waals surface area (Å²) in [6.07, 6.45) is 12.9. The van der Waals surface area contributed by atoms with Crippen LogP contribution in [0.5, 0.6) is 11.5 Å². The van der Waals surface area contributed by atoms with Crippen molar-refractivity contribution in [1.29, 1.82) is 0 Å². The van der Waals surface area contributed by atoms with E-state index in [9.17, 15) is 0 Å². The van der Waals surface area contributed by atoms with E-state index in [0.717, 1.165) is 56.6 Å². The number of allylic oxidation sites excluding steroid dienone is 1. The van der Waals surface area contributed by atoms with Crippen molar-refractivity contribution in [3.63, 3.8) is 0 Å². The Hall–Kier alpha value is -2.40. The van der Waals surface area contributed by atoms with Gasteiger partial charge in [0.05, 0.1) is 19.0 Å². The van der Waals surface area contributed by atoms with E-state index in [1.165, 1.54) is 0 Å². The molecule has 2 rings (SSSR count). The molecule has 0 aliphatic heterocycles. The molecule has 0 aliphatic rings. The molecule has 1 aromatic heterocycles. The molecule has 0 bridgehead atoms. The smallest absolute Gasteiger partial charge is 0.159 e. The predicted molar refractivity (Wildman–Crippen MR) is 113 cm³/mol. The molecular weight excluding hydrogens is 352 g/mol. The fourth-order valence-electron chi connectivity index (χ4n) is 2.48. The van der Waals surface area contributed by atoms with Gasteiger partial charge in [-0.2, -0.15) is 0 Å². The zero-order valence-electron chi connectivity index (χ0n) is 17.1. The van der Waals surface area contributed by atoms with Crippen LogP contribution in [0.2, 0.25) is 0 Å². The van der Waals surface area contributed by atoms with Crippen LogP contribution >= 0.6 is 0 Å². The molecule has 0 amide bonds. The van der Waals surface area contributed by atoms with Crippen molar-refractivity contribution in [2.24, 2.45) is 0 Å². The van der Waals surface area contributed by atoms with E-state index in [0.29, 0.717) is 24.8 Å². The van der Waals surface area contributed by atoms with Crippen LogP contribution < -0.4 is 9.47 Å².